The van der Waals surface area contributed by atoms with E-state index < -0.39 is 5.97 Å². The Hall–Kier alpha value is -0.610. The second-order valence-corrected chi connectivity index (χ2v) is 5.22. The quantitative estimate of drug-likeness (QED) is 0.652. The summed E-state index contributed by atoms with van der Waals surface area (Å²) >= 11 is 0. The number of carbonyl (C=O) groups is 1. The molecule has 2 rings (SSSR count). The van der Waals surface area contributed by atoms with Crippen LogP contribution in [0.15, 0.2) is 0 Å². The number of carboxylic acid groups (broad SMARTS) is 1. The molecule has 2 aliphatic rings. The van der Waals surface area contributed by atoms with Crippen LogP contribution in [0.2, 0.25) is 0 Å². The molecule has 0 spiro atoms. The average molecular weight is 226 g/mol. The van der Waals surface area contributed by atoms with E-state index in [-0.39, 0.29) is 6.04 Å². The molecule has 4 atom stereocenters. The van der Waals surface area contributed by atoms with Crippen molar-refractivity contribution in [2.45, 2.75) is 44.7 Å². The lowest BCUT2D eigenvalue weighted by molar-refractivity contribution is -0.142. The third-order valence-electron chi connectivity index (χ3n) is 4.04. The summed E-state index contributed by atoms with van der Waals surface area (Å²) in [5.74, 6) is 0.233. The predicted octanol–water partition coefficient (Wildman–Crippen LogP) is 0.827. The van der Waals surface area contributed by atoms with Crippen LogP contribution < -0.4 is 10.6 Å². The van der Waals surface area contributed by atoms with Crippen molar-refractivity contribution in [3.05, 3.63) is 0 Å². The van der Waals surface area contributed by atoms with Crippen molar-refractivity contribution in [1.29, 1.82) is 0 Å². The van der Waals surface area contributed by atoms with Gasteiger partial charge in [0.1, 0.15) is 6.04 Å². The van der Waals surface area contributed by atoms with Gasteiger partial charge in [0, 0.05) is 6.04 Å². The number of aliphatic carboxylic acids is 1. The molecule has 0 amide bonds. The molecule has 0 radical (unpaired) electrons. The van der Waals surface area contributed by atoms with E-state index in [9.17, 15) is 9.90 Å². The van der Waals surface area contributed by atoms with Gasteiger partial charge in [-0.15, -0.1) is 0 Å². The first-order chi connectivity index (χ1) is 7.68. The van der Waals surface area contributed by atoms with E-state index in [1.807, 2.05) is 0 Å². The van der Waals surface area contributed by atoms with Crippen molar-refractivity contribution in [3.63, 3.8) is 0 Å². The Kier molecular flexibility index (Phi) is 3.82. The van der Waals surface area contributed by atoms with Gasteiger partial charge >= 0.3 is 5.97 Å². The number of piperidine rings is 2. The molecule has 3 N–H and O–H groups in total. The fraction of sp³-hybridized carbons (Fsp3) is 0.917. The third-order valence-corrected chi connectivity index (χ3v) is 4.04. The Bertz CT molecular complexity index is 257. The lowest BCUT2D eigenvalue weighted by Crippen LogP contribution is -2.51. The van der Waals surface area contributed by atoms with E-state index in [0.717, 1.165) is 38.8 Å². The summed E-state index contributed by atoms with van der Waals surface area (Å²) in [7, 11) is 0. The van der Waals surface area contributed by atoms with Crippen molar-refractivity contribution < 1.29 is 9.90 Å². The Labute approximate surface area is 96.8 Å². The molecule has 0 aromatic carbocycles. The monoisotopic (exact) mass is 226 g/mol. The summed E-state index contributed by atoms with van der Waals surface area (Å²) in [6, 6.07) is 0.221. The molecule has 0 bridgehead atoms. The number of nitrogens with one attached hydrogen (secondary N) is 2. The molecule has 0 saturated carbocycles. The van der Waals surface area contributed by atoms with Crippen molar-refractivity contribution in [3.8, 4) is 0 Å². The first-order valence-corrected chi connectivity index (χ1v) is 6.38. The van der Waals surface area contributed by atoms with E-state index in [1.54, 1.807) is 0 Å². The van der Waals surface area contributed by atoms with Crippen LogP contribution in [0.5, 0.6) is 0 Å². The number of rotatable bonds is 2. The molecular weight excluding hydrogens is 204 g/mol. The lowest BCUT2D eigenvalue weighted by atomic mass is 9.74. The van der Waals surface area contributed by atoms with Crippen LogP contribution in [0.1, 0.15) is 32.6 Å². The maximum Gasteiger partial charge on any atom is 0.320 e. The standard InChI is InChI=1S/C12H22N2O2/c1-8-7-9(4-6-13-8)10-3-2-5-14-11(10)12(15)16/h8-11,13-14H,2-7H2,1H3,(H,15,16). The van der Waals surface area contributed by atoms with Crippen LogP contribution in [-0.4, -0.2) is 36.2 Å². The number of hydrogen-bond donors (Lipinski definition) is 3. The Morgan fingerprint density at radius 2 is 2.06 bits per heavy atom. The fourth-order valence-corrected chi connectivity index (χ4v) is 3.25. The molecule has 4 unspecified atom stereocenters. The summed E-state index contributed by atoms with van der Waals surface area (Å²) in [6.45, 7) is 4.08. The van der Waals surface area contributed by atoms with Crippen molar-refractivity contribution >= 4 is 5.97 Å². The smallest absolute Gasteiger partial charge is 0.320 e. The van der Waals surface area contributed by atoms with Gasteiger partial charge in [-0.2, -0.15) is 0 Å². The van der Waals surface area contributed by atoms with E-state index in [1.165, 1.54) is 0 Å². The second kappa shape index (κ2) is 5.15. The summed E-state index contributed by atoms with van der Waals surface area (Å²) in [5, 5.41) is 15.8. The molecule has 2 aliphatic heterocycles. The minimum atomic E-state index is -0.670. The fourth-order valence-electron chi connectivity index (χ4n) is 3.25. The molecule has 2 fully saturated rings. The highest BCUT2D eigenvalue weighted by Crippen LogP contribution is 2.32. The summed E-state index contributed by atoms with van der Waals surface area (Å²) < 4.78 is 0. The SMILES string of the molecule is CC1CC(C2CCCNC2C(=O)O)CCN1. The van der Waals surface area contributed by atoms with Gasteiger partial charge in [-0.3, -0.25) is 4.79 Å². The lowest BCUT2D eigenvalue weighted by Gasteiger charge is -2.39. The Morgan fingerprint density at radius 3 is 2.75 bits per heavy atom. The highest BCUT2D eigenvalue weighted by Gasteiger charge is 2.37. The van der Waals surface area contributed by atoms with Crippen molar-refractivity contribution in [2.75, 3.05) is 13.1 Å². The Balaban J connectivity index is 2.01. The summed E-state index contributed by atoms with van der Waals surface area (Å²) in [5.41, 5.74) is 0. The average Bonchev–Trinajstić information content (AvgIpc) is 2.29. The second-order valence-electron chi connectivity index (χ2n) is 5.22. The van der Waals surface area contributed by atoms with Gasteiger partial charge in [0.2, 0.25) is 0 Å². The Morgan fingerprint density at radius 1 is 1.25 bits per heavy atom. The molecule has 4 nitrogen and oxygen atoms in total. The van der Waals surface area contributed by atoms with Crippen molar-refractivity contribution in [2.24, 2.45) is 11.8 Å². The van der Waals surface area contributed by atoms with Crippen LogP contribution in [0.3, 0.4) is 0 Å². The van der Waals surface area contributed by atoms with E-state index in [0.29, 0.717) is 17.9 Å². The van der Waals surface area contributed by atoms with Gasteiger partial charge in [-0.1, -0.05) is 0 Å². The van der Waals surface area contributed by atoms with Gasteiger partial charge in [0.05, 0.1) is 0 Å². The maximum atomic E-state index is 11.2. The molecular formula is C12H22N2O2. The topological polar surface area (TPSA) is 61.4 Å². The molecule has 16 heavy (non-hydrogen) atoms. The molecule has 0 aromatic heterocycles. The van der Waals surface area contributed by atoms with Gasteiger partial charge in [-0.25, -0.2) is 0 Å². The minimum Gasteiger partial charge on any atom is -0.480 e. The predicted molar refractivity (Wildman–Crippen MR) is 62.3 cm³/mol. The van der Waals surface area contributed by atoms with Crippen LogP contribution in [0, 0.1) is 11.8 Å². The molecule has 0 aromatic rings. The normalized spacial score (nSPS) is 40.6. The molecule has 4 heteroatoms. The molecule has 2 heterocycles. The van der Waals surface area contributed by atoms with Crippen LogP contribution in [0.4, 0.5) is 0 Å². The first-order valence-electron chi connectivity index (χ1n) is 6.38. The number of hydrogen-bond acceptors (Lipinski definition) is 3. The number of carboxylic acids is 1. The van der Waals surface area contributed by atoms with Gasteiger partial charge < -0.3 is 15.7 Å². The zero-order valence-corrected chi connectivity index (χ0v) is 9.91. The first kappa shape index (κ1) is 11.9. The van der Waals surface area contributed by atoms with E-state index in [2.05, 4.69) is 17.6 Å². The highest BCUT2D eigenvalue weighted by molar-refractivity contribution is 5.74. The summed E-state index contributed by atoms with van der Waals surface area (Å²) in [6.07, 6.45) is 4.44. The molecule has 92 valence electrons. The third kappa shape index (κ3) is 2.55. The van der Waals surface area contributed by atoms with Crippen LogP contribution in [0.25, 0.3) is 0 Å². The van der Waals surface area contributed by atoms with Gasteiger partial charge in [0.25, 0.3) is 0 Å². The zero-order valence-electron chi connectivity index (χ0n) is 9.91. The maximum absolute atomic E-state index is 11.2. The molecule has 2 saturated heterocycles. The minimum absolute atomic E-state index is 0.316. The highest BCUT2D eigenvalue weighted by atomic mass is 16.4. The van der Waals surface area contributed by atoms with Gasteiger partial charge in [-0.05, 0) is 57.5 Å². The van der Waals surface area contributed by atoms with Crippen molar-refractivity contribution in [1.82, 2.24) is 10.6 Å². The van der Waals surface area contributed by atoms with E-state index >= 15 is 0 Å². The summed E-state index contributed by atoms with van der Waals surface area (Å²) in [4.78, 5) is 11.2. The van der Waals surface area contributed by atoms with Crippen LogP contribution in [-0.2, 0) is 4.79 Å². The zero-order chi connectivity index (χ0) is 11.5. The van der Waals surface area contributed by atoms with Gasteiger partial charge in [0.15, 0.2) is 0 Å². The van der Waals surface area contributed by atoms with Crippen LogP contribution >= 0.6 is 0 Å². The van der Waals surface area contributed by atoms with E-state index in [4.69, 9.17) is 0 Å². The largest absolute Gasteiger partial charge is 0.480 e. The molecule has 0 aliphatic carbocycles.